The normalized spacial score (nSPS) is 20.7. The van der Waals surface area contributed by atoms with Crippen molar-refractivity contribution in [3.8, 4) is 5.75 Å². The van der Waals surface area contributed by atoms with Gasteiger partial charge in [0.05, 0.1) is 12.2 Å². The van der Waals surface area contributed by atoms with Crippen LogP contribution in [0.25, 0.3) is 0 Å². The van der Waals surface area contributed by atoms with Crippen LogP contribution in [0.1, 0.15) is 10.4 Å². The standard InChI is InChI=1S/C13H16BrNO3/c1-15-4-5-17-12(7-15)9-18-13-3-2-11(14)6-10(13)8-16/h2-3,6,8,12H,4-5,7,9H2,1H3. The van der Waals surface area contributed by atoms with Crippen molar-refractivity contribution in [3.05, 3.63) is 28.2 Å². The van der Waals surface area contributed by atoms with Crippen molar-refractivity contribution in [3.63, 3.8) is 0 Å². The zero-order valence-corrected chi connectivity index (χ0v) is 11.9. The first-order valence-electron chi connectivity index (χ1n) is 5.86. The molecule has 1 saturated heterocycles. The van der Waals surface area contributed by atoms with Gasteiger partial charge in [0.15, 0.2) is 6.29 Å². The molecule has 98 valence electrons. The Morgan fingerprint density at radius 3 is 3.17 bits per heavy atom. The lowest BCUT2D eigenvalue weighted by Crippen LogP contribution is -2.42. The van der Waals surface area contributed by atoms with Crippen LogP contribution in [0.5, 0.6) is 5.75 Å². The number of hydrogen-bond donors (Lipinski definition) is 0. The summed E-state index contributed by atoms with van der Waals surface area (Å²) in [7, 11) is 2.06. The molecule has 0 radical (unpaired) electrons. The summed E-state index contributed by atoms with van der Waals surface area (Å²) in [5.74, 6) is 0.602. The number of halogens is 1. The van der Waals surface area contributed by atoms with E-state index in [4.69, 9.17) is 9.47 Å². The highest BCUT2D eigenvalue weighted by molar-refractivity contribution is 9.10. The number of aldehydes is 1. The minimum atomic E-state index is 0.0619. The molecule has 2 rings (SSSR count). The highest BCUT2D eigenvalue weighted by atomic mass is 79.9. The zero-order chi connectivity index (χ0) is 13.0. The Kier molecular flexibility index (Phi) is 4.74. The maximum absolute atomic E-state index is 10.9. The average molecular weight is 314 g/mol. The number of hydrogen-bond acceptors (Lipinski definition) is 4. The molecule has 0 aromatic heterocycles. The van der Waals surface area contributed by atoms with E-state index in [0.29, 0.717) is 17.9 Å². The fourth-order valence-electron chi connectivity index (χ4n) is 1.89. The number of nitrogens with zero attached hydrogens (tertiary/aromatic N) is 1. The lowest BCUT2D eigenvalue weighted by molar-refractivity contribution is -0.0404. The number of ether oxygens (including phenoxy) is 2. The van der Waals surface area contributed by atoms with Gasteiger partial charge in [-0.1, -0.05) is 15.9 Å². The predicted octanol–water partition coefficient (Wildman–Crippen LogP) is 1.97. The second-order valence-electron chi connectivity index (χ2n) is 4.37. The van der Waals surface area contributed by atoms with E-state index >= 15 is 0 Å². The molecule has 0 spiro atoms. The first-order chi connectivity index (χ1) is 8.69. The van der Waals surface area contributed by atoms with E-state index in [-0.39, 0.29) is 6.10 Å². The molecule has 5 heteroatoms. The van der Waals surface area contributed by atoms with Gasteiger partial charge in [-0.3, -0.25) is 4.79 Å². The van der Waals surface area contributed by atoms with Crippen LogP contribution in [0.2, 0.25) is 0 Å². The summed E-state index contributed by atoms with van der Waals surface area (Å²) in [4.78, 5) is 13.2. The average Bonchev–Trinajstić information content (AvgIpc) is 2.37. The molecule has 0 amide bonds. The Morgan fingerprint density at radius 1 is 1.61 bits per heavy atom. The molecule has 1 aliphatic heterocycles. The topological polar surface area (TPSA) is 38.8 Å². The smallest absolute Gasteiger partial charge is 0.153 e. The fourth-order valence-corrected chi connectivity index (χ4v) is 2.27. The van der Waals surface area contributed by atoms with E-state index in [1.165, 1.54) is 0 Å². The second-order valence-corrected chi connectivity index (χ2v) is 5.28. The molecule has 1 atom stereocenters. The van der Waals surface area contributed by atoms with Crippen LogP contribution >= 0.6 is 15.9 Å². The third kappa shape index (κ3) is 3.54. The van der Waals surface area contributed by atoms with Gasteiger partial charge in [-0.25, -0.2) is 0 Å². The monoisotopic (exact) mass is 313 g/mol. The SMILES string of the molecule is CN1CCOC(COc2ccc(Br)cc2C=O)C1. The molecule has 1 fully saturated rings. The van der Waals surface area contributed by atoms with Crippen molar-refractivity contribution in [2.45, 2.75) is 6.10 Å². The predicted molar refractivity (Wildman–Crippen MR) is 72.3 cm³/mol. The van der Waals surface area contributed by atoms with E-state index in [9.17, 15) is 4.79 Å². The Balaban J connectivity index is 1.95. The van der Waals surface area contributed by atoms with E-state index in [0.717, 1.165) is 30.5 Å². The van der Waals surface area contributed by atoms with E-state index < -0.39 is 0 Å². The van der Waals surface area contributed by atoms with Crippen LogP contribution in [0.3, 0.4) is 0 Å². The first kappa shape index (κ1) is 13.5. The first-order valence-corrected chi connectivity index (χ1v) is 6.66. The number of carbonyl (C=O) groups is 1. The van der Waals surface area contributed by atoms with E-state index in [2.05, 4.69) is 27.9 Å². The molecule has 0 saturated carbocycles. The van der Waals surface area contributed by atoms with Crippen LogP contribution in [0.15, 0.2) is 22.7 Å². The largest absolute Gasteiger partial charge is 0.490 e. The molecule has 1 unspecified atom stereocenters. The molecule has 0 bridgehead atoms. The minimum absolute atomic E-state index is 0.0619. The molecular weight excluding hydrogens is 298 g/mol. The molecule has 1 aromatic carbocycles. The molecule has 1 aromatic rings. The summed E-state index contributed by atoms with van der Waals surface area (Å²) < 4.78 is 12.1. The van der Waals surface area contributed by atoms with Crippen LogP contribution in [-0.4, -0.2) is 50.6 Å². The van der Waals surface area contributed by atoms with E-state index in [1.54, 1.807) is 12.1 Å². The molecule has 4 nitrogen and oxygen atoms in total. The van der Waals surface area contributed by atoms with Gasteiger partial charge < -0.3 is 14.4 Å². The minimum Gasteiger partial charge on any atom is -0.490 e. The van der Waals surface area contributed by atoms with Crippen molar-refractivity contribution in [2.75, 3.05) is 33.4 Å². The fraction of sp³-hybridized carbons (Fsp3) is 0.462. The molecule has 1 heterocycles. The maximum Gasteiger partial charge on any atom is 0.153 e. The van der Waals surface area contributed by atoms with Gasteiger partial charge in [0.1, 0.15) is 18.5 Å². The summed E-state index contributed by atoms with van der Waals surface area (Å²) in [6.45, 7) is 3.00. The summed E-state index contributed by atoms with van der Waals surface area (Å²) in [6, 6.07) is 5.40. The molecular formula is C13H16BrNO3. The molecule has 0 N–H and O–H groups in total. The van der Waals surface area contributed by atoms with Gasteiger partial charge >= 0.3 is 0 Å². The van der Waals surface area contributed by atoms with Crippen molar-refractivity contribution in [1.29, 1.82) is 0 Å². The van der Waals surface area contributed by atoms with Crippen LogP contribution in [-0.2, 0) is 4.74 Å². The lowest BCUT2D eigenvalue weighted by Gasteiger charge is -2.29. The number of rotatable bonds is 4. The molecule has 18 heavy (non-hydrogen) atoms. The van der Waals surface area contributed by atoms with E-state index in [1.807, 2.05) is 6.07 Å². The Hall–Kier alpha value is -0.910. The summed E-state index contributed by atoms with van der Waals surface area (Å²) in [5.41, 5.74) is 0.550. The zero-order valence-electron chi connectivity index (χ0n) is 10.3. The summed E-state index contributed by atoms with van der Waals surface area (Å²) >= 11 is 3.33. The van der Waals surface area contributed by atoms with Crippen molar-refractivity contribution in [1.82, 2.24) is 4.90 Å². The lowest BCUT2D eigenvalue weighted by atomic mass is 10.2. The van der Waals surface area contributed by atoms with Crippen LogP contribution < -0.4 is 4.74 Å². The van der Waals surface area contributed by atoms with Crippen LogP contribution in [0.4, 0.5) is 0 Å². The van der Waals surface area contributed by atoms with Crippen molar-refractivity contribution < 1.29 is 14.3 Å². The quantitative estimate of drug-likeness (QED) is 0.797. The van der Waals surface area contributed by atoms with Gasteiger partial charge in [0.25, 0.3) is 0 Å². The number of likely N-dealkylation sites (N-methyl/N-ethyl adjacent to an activating group) is 1. The maximum atomic E-state index is 10.9. The Labute approximate surface area is 115 Å². The van der Waals surface area contributed by atoms with Crippen molar-refractivity contribution in [2.24, 2.45) is 0 Å². The van der Waals surface area contributed by atoms with Gasteiger partial charge in [-0.15, -0.1) is 0 Å². The third-order valence-corrected chi connectivity index (χ3v) is 3.36. The van der Waals surface area contributed by atoms with Gasteiger partial charge in [0, 0.05) is 17.6 Å². The van der Waals surface area contributed by atoms with Gasteiger partial charge in [-0.2, -0.15) is 0 Å². The summed E-state index contributed by atoms with van der Waals surface area (Å²) in [5, 5.41) is 0. The molecule has 0 aliphatic carbocycles. The third-order valence-electron chi connectivity index (χ3n) is 2.87. The van der Waals surface area contributed by atoms with Gasteiger partial charge in [0.2, 0.25) is 0 Å². The Bertz CT molecular complexity index is 425. The molecule has 1 aliphatic rings. The highest BCUT2D eigenvalue weighted by Crippen LogP contribution is 2.22. The second kappa shape index (κ2) is 6.31. The highest BCUT2D eigenvalue weighted by Gasteiger charge is 2.18. The van der Waals surface area contributed by atoms with Crippen molar-refractivity contribution >= 4 is 22.2 Å². The van der Waals surface area contributed by atoms with Crippen LogP contribution in [0, 0.1) is 0 Å². The number of benzene rings is 1. The number of morpholine rings is 1. The summed E-state index contributed by atoms with van der Waals surface area (Å²) in [6.07, 6.45) is 0.861. The Morgan fingerprint density at radius 2 is 2.44 bits per heavy atom. The van der Waals surface area contributed by atoms with Gasteiger partial charge in [-0.05, 0) is 25.2 Å². The number of carbonyl (C=O) groups excluding carboxylic acids is 1.